The van der Waals surface area contributed by atoms with Crippen molar-refractivity contribution in [2.45, 2.75) is 32.6 Å². The van der Waals surface area contributed by atoms with E-state index in [1.165, 1.54) is 10.9 Å². The van der Waals surface area contributed by atoms with Gasteiger partial charge in [0.2, 0.25) is 0 Å². The van der Waals surface area contributed by atoms with Gasteiger partial charge in [-0.2, -0.15) is 0 Å². The molecule has 0 saturated heterocycles. The van der Waals surface area contributed by atoms with Crippen LogP contribution in [0.4, 0.5) is 0 Å². The fraction of sp³-hybridized carbons (Fsp3) is 0.161. The van der Waals surface area contributed by atoms with Crippen molar-refractivity contribution in [2.75, 3.05) is 0 Å². The lowest BCUT2D eigenvalue weighted by molar-refractivity contribution is 0.479. The summed E-state index contributed by atoms with van der Waals surface area (Å²) in [5.74, 6) is 1.40. The molecular formula is C31H28O2. The van der Waals surface area contributed by atoms with E-state index in [0.29, 0.717) is 5.75 Å². The number of benzene rings is 4. The molecule has 4 aromatic carbocycles. The van der Waals surface area contributed by atoms with Gasteiger partial charge in [-0.3, -0.25) is 0 Å². The van der Waals surface area contributed by atoms with Gasteiger partial charge < -0.3 is 9.52 Å². The van der Waals surface area contributed by atoms with Gasteiger partial charge >= 0.3 is 0 Å². The molecule has 1 heterocycles. The Labute approximate surface area is 195 Å². The van der Waals surface area contributed by atoms with Crippen LogP contribution in [0.3, 0.4) is 0 Å². The van der Waals surface area contributed by atoms with Gasteiger partial charge in [0.1, 0.15) is 17.1 Å². The van der Waals surface area contributed by atoms with Crippen molar-refractivity contribution in [1.82, 2.24) is 0 Å². The van der Waals surface area contributed by atoms with Crippen LogP contribution in [-0.2, 0) is 12.8 Å². The minimum absolute atomic E-state index is 0.319. The van der Waals surface area contributed by atoms with E-state index in [1.54, 1.807) is 0 Å². The van der Waals surface area contributed by atoms with Crippen LogP contribution in [0.2, 0.25) is 0 Å². The summed E-state index contributed by atoms with van der Waals surface area (Å²) < 4.78 is 6.28. The number of rotatable bonds is 7. The van der Waals surface area contributed by atoms with Crippen molar-refractivity contribution >= 4 is 11.0 Å². The molecule has 164 valence electrons. The van der Waals surface area contributed by atoms with E-state index in [4.69, 9.17) is 4.42 Å². The van der Waals surface area contributed by atoms with E-state index in [9.17, 15) is 5.11 Å². The summed E-state index contributed by atoms with van der Waals surface area (Å²) in [7, 11) is 0. The number of phenolic OH excluding ortho intramolecular Hbond substituents is 1. The zero-order chi connectivity index (χ0) is 22.6. The van der Waals surface area contributed by atoms with E-state index in [-0.39, 0.29) is 0 Å². The third kappa shape index (κ3) is 4.29. The molecule has 0 aliphatic carbocycles. The van der Waals surface area contributed by atoms with E-state index < -0.39 is 0 Å². The molecule has 0 fully saturated rings. The van der Waals surface area contributed by atoms with Gasteiger partial charge in [-0.25, -0.2) is 0 Å². The van der Waals surface area contributed by atoms with Gasteiger partial charge in [0.25, 0.3) is 0 Å². The second kappa shape index (κ2) is 9.38. The summed E-state index contributed by atoms with van der Waals surface area (Å²) in [5, 5.41) is 12.4. The summed E-state index contributed by atoms with van der Waals surface area (Å²) in [6.45, 7) is 2.21. The molecule has 1 N–H and O–H groups in total. The standard InChI is InChI=1S/C31H28O2/c1-2-3-17-30-28(25-16-10-11-18-29(25)33-30)21-22-19-26(23-12-6-4-7-13-23)31(32)27(20-22)24-14-8-5-9-15-24/h4-16,18-20,32H,2-3,17,21H2,1H3. The van der Waals surface area contributed by atoms with Gasteiger partial charge in [0.15, 0.2) is 0 Å². The molecule has 0 radical (unpaired) electrons. The first-order valence-electron chi connectivity index (χ1n) is 11.7. The van der Waals surface area contributed by atoms with Gasteiger partial charge in [0.05, 0.1) is 0 Å². The van der Waals surface area contributed by atoms with Gasteiger partial charge in [0, 0.05) is 34.9 Å². The maximum absolute atomic E-state index is 11.3. The zero-order valence-corrected chi connectivity index (χ0v) is 18.9. The number of unbranched alkanes of at least 4 members (excludes halogenated alkanes) is 1. The average molecular weight is 433 g/mol. The maximum Gasteiger partial charge on any atom is 0.134 e. The van der Waals surface area contributed by atoms with Crippen LogP contribution in [0.25, 0.3) is 33.2 Å². The molecule has 2 heteroatoms. The van der Waals surface area contributed by atoms with Crippen LogP contribution in [0, 0.1) is 0 Å². The Morgan fingerprint density at radius 2 is 1.30 bits per heavy atom. The molecule has 0 atom stereocenters. The summed E-state index contributed by atoms with van der Waals surface area (Å²) in [6.07, 6.45) is 3.94. The second-order valence-electron chi connectivity index (χ2n) is 8.55. The number of phenols is 1. The third-order valence-corrected chi connectivity index (χ3v) is 6.26. The number of fused-ring (bicyclic) bond motifs is 1. The summed E-state index contributed by atoms with van der Waals surface area (Å²) >= 11 is 0. The fourth-order valence-corrected chi connectivity index (χ4v) is 4.56. The smallest absolute Gasteiger partial charge is 0.134 e. The van der Waals surface area contributed by atoms with Crippen molar-refractivity contribution in [3.8, 4) is 28.0 Å². The van der Waals surface area contributed by atoms with E-state index in [1.807, 2.05) is 66.7 Å². The monoisotopic (exact) mass is 432 g/mol. The molecule has 33 heavy (non-hydrogen) atoms. The van der Waals surface area contributed by atoms with E-state index >= 15 is 0 Å². The molecular weight excluding hydrogens is 404 g/mol. The number of hydrogen-bond donors (Lipinski definition) is 1. The molecule has 5 rings (SSSR count). The van der Waals surface area contributed by atoms with Crippen LogP contribution in [0.15, 0.2) is 101 Å². The number of aromatic hydroxyl groups is 1. The topological polar surface area (TPSA) is 33.4 Å². The van der Waals surface area contributed by atoms with Crippen molar-refractivity contribution in [3.05, 3.63) is 114 Å². The van der Waals surface area contributed by atoms with Crippen LogP contribution >= 0.6 is 0 Å². The molecule has 1 aromatic heterocycles. The normalized spacial score (nSPS) is 11.2. The Hall–Kier alpha value is -3.78. The SMILES string of the molecule is CCCCc1oc2ccccc2c1Cc1cc(-c2ccccc2)c(O)c(-c2ccccc2)c1. The highest BCUT2D eigenvalue weighted by atomic mass is 16.3. The lowest BCUT2D eigenvalue weighted by atomic mass is 9.91. The first-order chi connectivity index (χ1) is 16.2. The Bertz CT molecular complexity index is 1300. The lowest BCUT2D eigenvalue weighted by Crippen LogP contribution is -1.95. The molecule has 0 aliphatic rings. The molecule has 0 aliphatic heterocycles. The number of hydrogen-bond acceptors (Lipinski definition) is 2. The van der Waals surface area contributed by atoms with Crippen LogP contribution in [0.5, 0.6) is 5.75 Å². The average Bonchev–Trinajstić information content (AvgIpc) is 3.22. The van der Waals surface area contributed by atoms with E-state index in [2.05, 4.69) is 37.3 Å². The second-order valence-corrected chi connectivity index (χ2v) is 8.55. The largest absolute Gasteiger partial charge is 0.507 e. The minimum atomic E-state index is 0.319. The lowest BCUT2D eigenvalue weighted by Gasteiger charge is -2.14. The molecule has 0 spiro atoms. The summed E-state index contributed by atoms with van der Waals surface area (Å²) in [6, 6.07) is 32.8. The molecule has 0 bridgehead atoms. The molecule has 0 unspecified atom stereocenters. The zero-order valence-electron chi connectivity index (χ0n) is 18.9. The van der Waals surface area contributed by atoms with E-state index in [0.717, 1.165) is 64.8 Å². The minimum Gasteiger partial charge on any atom is -0.507 e. The Kier molecular flexibility index (Phi) is 5.99. The Morgan fingerprint density at radius 3 is 1.91 bits per heavy atom. The predicted octanol–water partition coefficient (Wildman–Crippen LogP) is 8.41. The molecule has 0 saturated carbocycles. The molecule has 0 amide bonds. The van der Waals surface area contributed by atoms with Crippen LogP contribution in [0.1, 0.15) is 36.7 Å². The number of furan rings is 1. The fourth-order valence-electron chi connectivity index (χ4n) is 4.56. The Morgan fingerprint density at radius 1 is 0.727 bits per heavy atom. The van der Waals surface area contributed by atoms with Crippen molar-refractivity contribution < 1.29 is 9.52 Å². The van der Waals surface area contributed by atoms with Gasteiger partial charge in [-0.05, 0) is 41.3 Å². The van der Waals surface area contributed by atoms with Crippen molar-refractivity contribution in [3.63, 3.8) is 0 Å². The number of para-hydroxylation sites is 1. The Balaban J connectivity index is 1.66. The van der Waals surface area contributed by atoms with Crippen LogP contribution < -0.4 is 0 Å². The third-order valence-electron chi connectivity index (χ3n) is 6.26. The van der Waals surface area contributed by atoms with Gasteiger partial charge in [-0.15, -0.1) is 0 Å². The van der Waals surface area contributed by atoms with Crippen LogP contribution in [-0.4, -0.2) is 5.11 Å². The van der Waals surface area contributed by atoms with Crippen molar-refractivity contribution in [1.29, 1.82) is 0 Å². The predicted molar refractivity (Wildman–Crippen MR) is 137 cm³/mol. The quantitative estimate of drug-likeness (QED) is 0.280. The highest BCUT2D eigenvalue weighted by Gasteiger charge is 2.18. The summed E-state index contributed by atoms with van der Waals surface area (Å²) in [5.41, 5.74) is 7.10. The summed E-state index contributed by atoms with van der Waals surface area (Å²) in [4.78, 5) is 0. The molecule has 5 aromatic rings. The van der Waals surface area contributed by atoms with Crippen molar-refractivity contribution in [2.24, 2.45) is 0 Å². The highest BCUT2D eigenvalue weighted by molar-refractivity contribution is 5.85. The van der Waals surface area contributed by atoms with Gasteiger partial charge in [-0.1, -0.05) is 92.2 Å². The first kappa shape index (κ1) is 21.1. The molecule has 2 nitrogen and oxygen atoms in total. The number of aryl methyl sites for hydroxylation is 1. The highest BCUT2D eigenvalue weighted by Crippen LogP contribution is 2.40. The maximum atomic E-state index is 11.3. The first-order valence-corrected chi connectivity index (χ1v) is 11.7.